The SMILES string of the molecule is CCC1(O)CN(C(=O)C(C)Sc2ccc(Cl)cc2)C1. The van der Waals surface area contributed by atoms with E-state index in [4.69, 9.17) is 11.6 Å². The van der Waals surface area contributed by atoms with E-state index in [0.717, 1.165) is 4.90 Å². The number of β-amino-alcohol motifs (C(OH)–C–C–N with tert-alkyl or cyclic N) is 1. The van der Waals surface area contributed by atoms with Crippen molar-refractivity contribution in [3.05, 3.63) is 29.3 Å². The van der Waals surface area contributed by atoms with Crippen LogP contribution < -0.4 is 0 Å². The first-order valence-corrected chi connectivity index (χ1v) is 7.63. The first-order valence-electron chi connectivity index (χ1n) is 6.37. The number of nitrogens with zero attached hydrogens (tertiary/aromatic N) is 1. The van der Waals surface area contributed by atoms with Crippen molar-refractivity contribution in [2.75, 3.05) is 13.1 Å². The number of halogens is 1. The zero-order chi connectivity index (χ0) is 14.0. The molecule has 0 spiro atoms. The Bertz CT molecular complexity index is 457. The van der Waals surface area contributed by atoms with E-state index in [1.54, 1.807) is 4.90 Å². The van der Waals surface area contributed by atoms with E-state index in [9.17, 15) is 9.90 Å². The van der Waals surface area contributed by atoms with Gasteiger partial charge in [0.25, 0.3) is 0 Å². The Labute approximate surface area is 122 Å². The second-order valence-electron chi connectivity index (χ2n) is 4.99. The molecule has 1 atom stereocenters. The molecule has 2 rings (SSSR count). The molecule has 1 aromatic carbocycles. The fraction of sp³-hybridized carbons (Fsp3) is 0.500. The van der Waals surface area contributed by atoms with Gasteiger partial charge in [0, 0.05) is 9.92 Å². The molecule has 1 aromatic rings. The lowest BCUT2D eigenvalue weighted by molar-refractivity contribution is -0.154. The second-order valence-corrected chi connectivity index (χ2v) is 6.84. The molecule has 3 nitrogen and oxygen atoms in total. The standard InChI is InChI=1S/C14H18ClNO2S/c1-3-14(18)8-16(9-14)13(17)10(2)19-12-6-4-11(15)5-7-12/h4-7,10,18H,3,8-9H2,1-2H3. The summed E-state index contributed by atoms with van der Waals surface area (Å²) in [5, 5.41) is 10.5. The maximum atomic E-state index is 12.2. The Morgan fingerprint density at radius 2 is 2.05 bits per heavy atom. The van der Waals surface area contributed by atoms with Crippen LogP contribution in [0.2, 0.25) is 5.02 Å². The Balaban J connectivity index is 1.88. The zero-order valence-electron chi connectivity index (χ0n) is 11.1. The van der Waals surface area contributed by atoms with Crippen molar-refractivity contribution < 1.29 is 9.90 Å². The van der Waals surface area contributed by atoms with Crippen LogP contribution in [0.3, 0.4) is 0 Å². The third-order valence-corrected chi connectivity index (χ3v) is 4.77. The van der Waals surface area contributed by atoms with Crippen molar-refractivity contribution in [2.45, 2.75) is 36.0 Å². The number of benzene rings is 1. The summed E-state index contributed by atoms with van der Waals surface area (Å²) in [5.41, 5.74) is -0.666. The van der Waals surface area contributed by atoms with E-state index >= 15 is 0 Å². The van der Waals surface area contributed by atoms with E-state index in [1.165, 1.54) is 11.8 Å². The molecule has 0 aliphatic carbocycles. The van der Waals surface area contributed by atoms with Crippen molar-refractivity contribution in [1.82, 2.24) is 4.90 Å². The maximum absolute atomic E-state index is 12.2. The lowest BCUT2D eigenvalue weighted by Gasteiger charge is -2.46. The van der Waals surface area contributed by atoms with E-state index in [1.807, 2.05) is 38.1 Å². The molecular weight excluding hydrogens is 282 g/mol. The summed E-state index contributed by atoms with van der Waals surface area (Å²) in [6, 6.07) is 7.46. The molecule has 104 valence electrons. The minimum absolute atomic E-state index is 0.0816. The average Bonchev–Trinajstić information content (AvgIpc) is 2.37. The molecule has 1 unspecified atom stereocenters. The Morgan fingerprint density at radius 1 is 1.47 bits per heavy atom. The molecule has 1 N–H and O–H groups in total. The van der Waals surface area contributed by atoms with Crippen molar-refractivity contribution in [2.24, 2.45) is 0 Å². The first kappa shape index (κ1) is 14.7. The highest BCUT2D eigenvalue weighted by Crippen LogP contribution is 2.30. The highest BCUT2D eigenvalue weighted by atomic mass is 35.5. The summed E-state index contributed by atoms with van der Waals surface area (Å²) >= 11 is 7.34. The molecule has 1 fully saturated rings. The van der Waals surface area contributed by atoms with Crippen molar-refractivity contribution in [3.8, 4) is 0 Å². The molecule has 1 aliphatic rings. The van der Waals surface area contributed by atoms with Crippen molar-refractivity contribution in [3.63, 3.8) is 0 Å². The normalized spacial score (nSPS) is 18.8. The minimum atomic E-state index is -0.666. The predicted octanol–water partition coefficient (Wildman–Crippen LogP) is 2.80. The van der Waals surface area contributed by atoms with E-state index in [2.05, 4.69) is 0 Å². The lowest BCUT2D eigenvalue weighted by Crippen LogP contribution is -2.64. The van der Waals surface area contributed by atoms with Gasteiger partial charge in [-0.05, 0) is 37.6 Å². The topological polar surface area (TPSA) is 40.5 Å². The summed E-state index contributed by atoms with van der Waals surface area (Å²) in [5.74, 6) is 0.0816. The van der Waals surface area contributed by atoms with Crippen molar-refractivity contribution >= 4 is 29.3 Å². The summed E-state index contributed by atoms with van der Waals surface area (Å²) < 4.78 is 0. The number of rotatable bonds is 4. The number of thioether (sulfide) groups is 1. The fourth-order valence-corrected chi connectivity index (χ4v) is 3.15. The highest BCUT2D eigenvalue weighted by Gasteiger charge is 2.43. The summed E-state index contributed by atoms with van der Waals surface area (Å²) in [6.45, 7) is 4.74. The monoisotopic (exact) mass is 299 g/mol. The number of hydrogen-bond acceptors (Lipinski definition) is 3. The third-order valence-electron chi connectivity index (χ3n) is 3.41. The van der Waals surface area contributed by atoms with Gasteiger partial charge in [0.15, 0.2) is 0 Å². The number of likely N-dealkylation sites (tertiary alicyclic amines) is 1. The summed E-state index contributed by atoms with van der Waals surface area (Å²) in [6.07, 6.45) is 0.690. The second kappa shape index (κ2) is 5.73. The fourth-order valence-electron chi connectivity index (χ4n) is 2.07. The van der Waals surface area contributed by atoms with Gasteiger partial charge in [0.05, 0.1) is 23.9 Å². The molecule has 1 saturated heterocycles. The van der Waals surface area contributed by atoms with Gasteiger partial charge in [0.2, 0.25) is 5.91 Å². The summed E-state index contributed by atoms with van der Waals surface area (Å²) in [4.78, 5) is 14.9. The lowest BCUT2D eigenvalue weighted by atomic mass is 9.91. The molecule has 1 heterocycles. The van der Waals surface area contributed by atoms with Crippen LogP contribution in [-0.4, -0.2) is 39.9 Å². The van der Waals surface area contributed by atoms with Gasteiger partial charge < -0.3 is 10.0 Å². The number of carbonyl (C=O) groups is 1. The molecule has 0 aromatic heterocycles. The average molecular weight is 300 g/mol. The first-order chi connectivity index (χ1) is 8.93. The van der Waals surface area contributed by atoms with Gasteiger partial charge in [-0.15, -0.1) is 11.8 Å². The summed E-state index contributed by atoms with van der Waals surface area (Å²) in [7, 11) is 0. The molecule has 19 heavy (non-hydrogen) atoms. The Morgan fingerprint density at radius 3 is 2.58 bits per heavy atom. The molecular formula is C14H18ClNO2S. The van der Waals surface area contributed by atoms with Crippen LogP contribution in [0.25, 0.3) is 0 Å². The van der Waals surface area contributed by atoms with Gasteiger partial charge in [-0.25, -0.2) is 0 Å². The van der Waals surface area contributed by atoms with Gasteiger partial charge >= 0.3 is 0 Å². The van der Waals surface area contributed by atoms with Crippen LogP contribution in [0.15, 0.2) is 29.2 Å². The Hall–Kier alpha value is -0.710. The number of amides is 1. The van der Waals surface area contributed by atoms with E-state index in [-0.39, 0.29) is 11.2 Å². The molecule has 0 radical (unpaired) electrons. The van der Waals surface area contributed by atoms with Crippen LogP contribution in [0.4, 0.5) is 0 Å². The van der Waals surface area contributed by atoms with Crippen LogP contribution in [-0.2, 0) is 4.79 Å². The largest absolute Gasteiger partial charge is 0.386 e. The van der Waals surface area contributed by atoms with E-state index in [0.29, 0.717) is 24.5 Å². The molecule has 1 aliphatic heterocycles. The molecule has 1 amide bonds. The van der Waals surface area contributed by atoms with E-state index < -0.39 is 5.60 Å². The van der Waals surface area contributed by atoms with Crippen molar-refractivity contribution in [1.29, 1.82) is 0 Å². The molecule has 0 bridgehead atoms. The number of hydrogen-bond donors (Lipinski definition) is 1. The maximum Gasteiger partial charge on any atom is 0.235 e. The van der Waals surface area contributed by atoms with Gasteiger partial charge in [-0.1, -0.05) is 18.5 Å². The number of aliphatic hydroxyl groups is 1. The van der Waals surface area contributed by atoms with Gasteiger partial charge in [-0.3, -0.25) is 4.79 Å². The quantitative estimate of drug-likeness (QED) is 0.869. The predicted molar refractivity (Wildman–Crippen MR) is 78.6 cm³/mol. The van der Waals surface area contributed by atoms with Crippen LogP contribution >= 0.6 is 23.4 Å². The third kappa shape index (κ3) is 3.44. The molecule has 0 saturated carbocycles. The highest BCUT2D eigenvalue weighted by molar-refractivity contribution is 8.00. The van der Waals surface area contributed by atoms with Gasteiger partial charge in [-0.2, -0.15) is 0 Å². The van der Waals surface area contributed by atoms with Crippen LogP contribution in [0.1, 0.15) is 20.3 Å². The Kier molecular flexibility index (Phi) is 4.43. The zero-order valence-corrected chi connectivity index (χ0v) is 12.7. The van der Waals surface area contributed by atoms with Gasteiger partial charge in [0.1, 0.15) is 0 Å². The minimum Gasteiger partial charge on any atom is -0.386 e. The van der Waals surface area contributed by atoms with Crippen LogP contribution in [0.5, 0.6) is 0 Å². The smallest absolute Gasteiger partial charge is 0.235 e. The molecule has 5 heteroatoms. The number of carbonyl (C=O) groups excluding carboxylic acids is 1. The van der Waals surface area contributed by atoms with Crippen LogP contribution in [0, 0.1) is 0 Å².